The molecule has 0 aliphatic carbocycles. The Kier molecular flexibility index (Phi) is 3.97. The van der Waals surface area contributed by atoms with Crippen LogP contribution >= 0.6 is 0 Å². The van der Waals surface area contributed by atoms with Crippen molar-refractivity contribution < 1.29 is 4.79 Å². The van der Waals surface area contributed by atoms with Crippen LogP contribution in [0.4, 0.5) is 5.69 Å². The van der Waals surface area contributed by atoms with Crippen LogP contribution in [0.5, 0.6) is 0 Å². The smallest absolute Gasteiger partial charge is 0.272 e. The molecule has 6 nitrogen and oxygen atoms in total. The Labute approximate surface area is 139 Å². The predicted molar refractivity (Wildman–Crippen MR) is 94.6 cm³/mol. The highest BCUT2D eigenvalue weighted by atomic mass is 16.2. The Bertz CT molecular complexity index is 982. The zero-order valence-electron chi connectivity index (χ0n) is 14.2. The van der Waals surface area contributed by atoms with Gasteiger partial charge < -0.3 is 10.3 Å². The molecule has 0 saturated carbocycles. The number of H-pyrrole nitrogens is 1. The molecular formula is C18H20N4O2. The van der Waals surface area contributed by atoms with E-state index in [0.29, 0.717) is 11.1 Å². The number of hydrogen-bond acceptors (Lipinski definition) is 3. The molecule has 0 bridgehead atoms. The summed E-state index contributed by atoms with van der Waals surface area (Å²) in [6.45, 7) is 7.83. The van der Waals surface area contributed by atoms with Crippen molar-refractivity contribution in [1.29, 1.82) is 0 Å². The van der Waals surface area contributed by atoms with Gasteiger partial charge in [0.25, 0.3) is 11.5 Å². The normalized spacial score (nSPS) is 11.2. The summed E-state index contributed by atoms with van der Waals surface area (Å²) in [5, 5.41) is 8.62. The number of benzene rings is 1. The van der Waals surface area contributed by atoms with Gasteiger partial charge in [-0.15, -0.1) is 0 Å². The lowest BCUT2D eigenvalue weighted by Gasteiger charge is -2.09. The zero-order chi connectivity index (χ0) is 17.4. The number of aryl methyl sites for hydroxylation is 1. The first-order valence-electron chi connectivity index (χ1n) is 7.87. The number of hydrogen-bond donors (Lipinski definition) is 2. The van der Waals surface area contributed by atoms with E-state index in [9.17, 15) is 9.59 Å². The van der Waals surface area contributed by atoms with Crippen molar-refractivity contribution in [2.75, 3.05) is 5.32 Å². The van der Waals surface area contributed by atoms with E-state index in [0.717, 1.165) is 16.8 Å². The van der Waals surface area contributed by atoms with Gasteiger partial charge in [-0.25, -0.2) is 0 Å². The Morgan fingerprint density at radius 3 is 2.62 bits per heavy atom. The largest absolute Gasteiger partial charge is 0.318 e. The van der Waals surface area contributed by atoms with E-state index in [1.165, 1.54) is 0 Å². The fourth-order valence-electron chi connectivity index (χ4n) is 2.86. The van der Waals surface area contributed by atoms with Gasteiger partial charge in [0.05, 0.1) is 17.1 Å². The molecule has 0 spiro atoms. The molecule has 124 valence electrons. The molecule has 24 heavy (non-hydrogen) atoms. The first-order valence-corrected chi connectivity index (χ1v) is 7.87. The fraction of sp³-hybridized carbons (Fsp3) is 0.278. The summed E-state index contributed by atoms with van der Waals surface area (Å²) in [4.78, 5) is 27.4. The fourth-order valence-corrected chi connectivity index (χ4v) is 2.86. The van der Waals surface area contributed by atoms with Gasteiger partial charge >= 0.3 is 0 Å². The number of carbonyl (C=O) groups excluding carboxylic acids is 1. The quantitative estimate of drug-likeness (QED) is 0.776. The van der Waals surface area contributed by atoms with Gasteiger partial charge in [0.15, 0.2) is 0 Å². The molecular weight excluding hydrogens is 304 g/mol. The maximum atomic E-state index is 12.6. The van der Waals surface area contributed by atoms with Crippen molar-refractivity contribution in [3.8, 4) is 0 Å². The molecule has 6 heteroatoms. The number of aromatic nitrogens is 3. The van der Waals surface area contributed by atoms with Crippen LogP contribution in [0.1, 0.15) is 41.8 Å². The third kappa shape index (κ3) is 2.71. The van der Waals surface area contributed by atoms with Gasteiger partial charge in [0.2, 0.25) is 0 Å². The number of aromatic amines is 1. The second-order valence-corrected chi connectivity index (χ2v) is 6.14. The molecule has 3 rings (SSSR count). The maximum absolute atomic E-state index is 12.6. The second-order valence-electron chi connectivity index (χ2n) is 6.14. The van der Waals surface area contributed by atoms with Crippen LogP contribution in [0.25, 0.3) is 10.8 Å². The molecule has 0 saturated heterocycles. The van der Waals surface area contributed by atoms with Gasteiger partial charge in [-0.05, 0) is 45.2 Å². The van der Waals surface area contributed by atoms with Gasteiger partial charge in [0, 0.05) is 11.4 Å². The number of amides is 1. The lowest BCUT2D eigenvalue weighted by atomic mass is 10.1. The number of nitrogens with zero attached hydrogens (tertiary/aromatic N) is 2. The van der Waals surface area contributed by atoms with E-state index in [2.05, 4.69) is 15.4 Å². The van der Waals surface area contributed by atoms with Crippen LogP contribution in [-0.4, -0.2) is 20.7 Å². The highest BCUT2D eigenvalue weighted by Gasteiger charge is 2.17. The van der Waals surface area contributed by atoms with Crippen LogP contribution in [0.2, 0.25) is 0 Å². The summed E-state index contributed by atoms with van der Waals surface area (Å²) >= 11 is 0. The van der Waals surface area contributed by atoms with Crippen LogP contribution in [0.3, 0.4) is 0 Å². The summed E-state index contributed by atoms with van der Waals surface area (Å²) in [7, 11) is 0. The number of rotatable bonds is 3. The van der Waals surface area contributed by atoms with Crippen LogP contribution in [0.15, 0.2) is 35.1 Å². The number of pyridine rings is 1. The van der Waals surface area contributed by atoms with Crippen molar-refractivity contribution in [1.82, 2.24) is 14.8 Å². The highest BCUT2D eigenvalue weighted by molar-refractivity contribution is 6.05. The lowest BCUT2D eigenvalue weighted by molar-refractivity contribution is 0.102. The number of anilines is 1. The molecule has 0 atom stereocenters. The monoisotopic (exact) mass is 324 g/mol. The predicted octanol–water partition coefficient (Wildman–Crippen LogP) is 3.17. The summed E-state index contributed by atoms with van der Waals surface area (Å²) in [6.07, 6.45) is 0. The molecule has 0 aliphatic rings. The van der Waals surface area contributed by atoms with Gasteiger partial charge in [-0.3, -0.25) is 14.3 Å². The van der Waals surface area contributed by atoms with E-state index in [1.807, 2.05) is 44.5 Å². The van der Waals surface area contributed by atoms with E-state index in [-0.39, 0.29) is 23.2 Å². The third-order valence-corrected chi connectivity index (χ3v) is 4.05. The molecule has 0 fully saturated rings. The molecule has 0 radical (unpaired) electrons. The maximum Gasteiger partial charge on any atom is 0.272 e. The van der Waals surface area contributed by atoms with Gasteiger partial charge in [0.1, 0.15) is 5.69 Å². The Hall–Kier alpha value is -2.89. The molecule has 0 aliphatic heterocycles. The molecule has 2 heterocycles. The minimum atomic E-state index is -0.354. The van der Waals surface area contributed by atoms with E-state index in [1.54, 1.807) is 18.2 Å². The number of carbonyl (C=O) groups is 1. The first-order chi connectivity index (χ1) is 11.4. The molecule has 1 amide bonds. The first kappa shape index (κ1) is 16.0. The molecule has 1 aromatic carbocycles. The highest BCUT2D eigenvalue weighted by Crippen LogP contribution is 2.23. The standard InChI is InChI=1S/C18H20N4O2/c1-10(2)22-12(4)16(11(3)21-22)20-18(24)15-9-13-7-5-6-8-14(13)17(23)19-15/h5-10H,1-4H3,(H,19,23)(H,20,24). The topological polar surface area (TPSA) is 79.8 Å². The lowest BCUT2D eigenvalue weighted by Crippen LogP contribution is -2.19. The summed E-state index contributed by atoms with van der Waals surface area (Å²) in [5.41, 5.74) is 2.28. The summed E-state index contributed by atoms with van der Waals surface area (Å²) < 4.78 is 1.87. The van der Waals surface area contributed by atoms with E-state index >= 15 is 0 Å². The Balaban J connectivity index is 1.98. The van der Waals surface area contributed by atoms with Gasteiger partial charge in [-0.1, -0.05) is 18.2 Å². The van der Waals surface area contributed by atoms with E-state index < -0.39 is 0 Å². The number of fused-ring (bicyclic) bond motifs is 1. The Morgan fingerprint density at radius 1 is 1.25 bits per heavy atom. The summed E-state index contributed by atoms with van der Waals surface area (Å²) in [5.74, 6) is -0.354. The molecule has 0 unspecified atom stereocenters. The van der Waals surface area contributed by atoms with Gasteiger partial charge in [-0.2, -0.15) is 5.10 Å². The SMILES string of the molecule is Cc1nn(C(C)C)c(C)c1NC(=O)c1cc2ccccc2c(=O)[nH]1. The molecule has 2 N–H and O–H groups in total. The Morgan fingerprint density at radius 2 is 1.96 bits per heavy atom. The third-order valence-electron chi connectivity index (χ3n) is 4.05. The van der Waals surface area contributed by atoms with Crippen molar-refractivity contribution in [2.24, 2.45) is 0 Å². The average molecular weight is 324 g/mol. The van der Waals surface area contributed by atoms with Crippen molar-refractivity contribution >= 4 is 22.4 Å². The second kappa shape index (κ2) is 5.96. The number of nitrogens with one attached hydrogen (secondary N) is 2. The van der Waals surface area contributed by atoms with Crippen LogP contribution in [0, 0.1) is 13.8 Å². The minimum Gasteiger partial charge on any atom is -0.318 e. The zero-order valence-corrected chi connectivity index (χ0v) is 14.2. The van der Waals surface area contributed by atoms with Crippen molar-refractivity contribution in [3.05, 3.63) is 57.8 Å². The van der Waals surface area contributed by atoms with Crippen LogP contribution < -0.4 is 10.9 Å². The van der Waals surface area contributed by atoms with Crippen molar-refractivity contribution in [3.63, 3.8) is 0 Å². The average Bonchev–Trinajstić information content (AvgIpc) is 2.83. The molecule has 3 aromatic rings. The van der Waals surface area contributed by atoms with E-state index in [4.69, 9.17) is 0 Å². The van der Waals surface area contributed by atoms with Crippen LogP contribution in [-0.2, 0) is 0 Å². The molecule has 2 aromatic heterocycles. The summed E-state index contributed by atoms with van der Waals surface area (Å²) in [6, 6.07) is 9.07. The van der Waals surface area contributed by atoms with Crippen molar-refractivity contribution in [2.45, 2.75) is 33.7 Å². The minimum absolute atomic E-state index is 0.204.